The molecular weight excluding hydrogens is 332 g/mol. The molecule has 1 aliphatic rings. The SMILES string of the molecule is O=C(Cc1ccccn1)N1CCc2c(nc(-c3cnccn3)[nH]c2=O)C1. The van der Waals surface area contributed by atoms with Crippen LogP contribution in [0.25, 0.3) is 11.5 Å². The van der Waals surface area contributed by atoms with E-state index in [1.54, 1.807) is 17.3 Å². The van der Waals surface area contributed by atoms with Crippen LogP contribution in [-0.2, 0) is 24.2 Å². The molecule has 4 heterocycles. The summed E-state index contributed by atoms with van der Waals surface area (Å²) in [5, 5.41) is 0. The lowest BCUT2D eigenvalue weighted by atomic mass is 10.1. The zero-order chi connectivity index (χ0) is 17.9. The van der Waals surface area contributed by atoms with Crippen molar-refractivity contribution in [3.05, 3.63) is 70.3 Å². The van der Waals surface area contributed by atoms with Gasteiger partial charge in [-0.3, -0.25) is 19.6 Å². The van der Waals surface area contributed by atoms with Crippen molar-refractivity contribution >= 4 is 5.91 Å². The Morgan fingerprint density at radius 1 is 1.19 bits per heavy atom. The standard InChI is InChI=1S/C18H16N6O2/c25-16(9-12-3-1-2-5-20-12)24-8-4-13-15(11-24)22-17(23-18(13)26)14-10-19-6-7-21-14/h1-3,5-7,10H,4,8-9,11H2,(H,22,23,26). The van der Waals surface area contributed by atoms with E-state index in [4.69, 9.17) is 0 Å². The molecule has 0 aromatic carbocycles. The monoisotopic (exact) mass is 348 g/mol. The Morgan fingerprint density at radius 3 is 2.88 bits per heavy atom. The van der Waals surface area contributed by atoms with Crippen LogP contribution in [0.2, 0.25) is 0 Å². The molecule has 0 radical (unpaired) electrons. The highest BCUT2D eigenvalue weighted by molar-refractivity contribution is 5.78. The Balaban J connectivity index is 1.59. The number of hydrogen-bond donors (Lipinski definition) is 1. The Labute approximate surface area is 149 Å². The lowest BCUT2D eigenvalue weighted by Crippen LogP contribution is -2.40. The number of fused-ring (bicyclic) bond motifs is 1. The zero-order valence-corrected chi connectivity index (χ0v) is 13.9. The minimum absolute atomic E-state index is 0.0301. The highest BCUT2D eigenvalue weighted by Gasteiger charge is 2.25. The van der Waals surface area contributed by atoms with Gasteiger partial charge in [0.15, 0.2) is 5.82 Å². The first-order valence-electron chi connectivity index (χ1n) is 8.27. The molecule has 0 atom stereocenters. The summed E-state index contributed by atoms with van der Waals surface area (Å²) in [5.74, 6) is 0.332. The van der Waals surface area contributed by atoms with Gasteiger partial charge in [0.1, 0.15) is 5.69 Å². The number of carbonyl (C=O) groups is 1. The highest BCUT2D eigenvalue weighted by atomic mass is 16.2. The van der Waals surface area contributed by atoms with Gasteiger partial charge in [0.2, 0.25) is 5.91 Å². The third-order valence-corrected chi connectivity index (χ3v) is 4.29. The number of amides is 1. The lowest BCUT2D eigenvalue weighted by Gasteiger charge is -2.27. The molecule has 0 saturated carbocycles. The van der Waals surface area contributed by atoms with E-state index in [1.165, 1.54) is 12.4 Å². The van der Waals surface area contributed by atoms with Gasteiger partial charge in [0, 0.05) is 36.4 Å². The first-order valence-corrected chi connectivity index (χ1v) is 8.27. The summed E-state index contributed by atoms with van der Waals surface area (Å²) in [5.41, 5.74) is 2.26. The Hall–Kier alpha value is -3.42. The second-order valence-electron chi connectivity index (χ2n) is 5.99. The maximum absolute atomic E-state index is 12.6. The van der Waals surface area contributed by atoms with Gasteiger partial charge in [-0.05, 0) is 18.6 Å². The molecule has 0 aliphatic carbocycles. The maximum atomic E-state index is 12.6. The van der Waals surface area contributed by atoms with Crippen LogP contribution in [0.3, 0.4) is 0 Å². The van der Waals surface area contributed by atoms with E-state index >= 15 is 0 Å². The van der Waals surface area contributed by atoms with Gasteiger partial charge in [-0.1, -0.05) is 6.07 Å². The van der Waals surface area contributed by atoms with Crippen molar-refractivity contribution in [1.82, 2.24) is 29.8 Å². The largest absolute Gasteiger partial charge is 0.336 e. The van der Waals surface area contributed by atoms with Crippen molar-refractivity contribution < 1.29 is 4.79 Å². The molecule has 1 aliphatic heterocycles. The van der Waals surface area contributed by atoms with Crippen molar-refractivity contribution in [2.45, 2.75) is 19.4 Å². The van der Waals surface area contributed by atoms with Crippen molar-refractivity contribution in [2.75, 3.05) is 6.54 Å². The van der Waals surface area contributed by atoms with Crippen molar-refractivity contribution in [3.8, 4) is 11.5 Å². The van der Waals surface area contributed by atoms with Crippen LogP contribution in [0, 0.1) is 0 Å². The summed E-state index contributed by atoms with van der Waals surface area (Å²) in [6.45, 7) is 0.798. The lowest BCUT2D eigenvalue weighted by molar-refractivity contribution is -0.131. The fourth-order valence-electron chi connectivity index (χ4n) is 2.96. The molecule has 8 heteroatoms. The van der Waals surface area contributed by atoms with Gasteiger partial charge in [-0.15, -0.1) is 0 Å². The van der Waals surface area contributed by atoms with Crippen LogP contribution < -0.4 is 5.56 Å². The van der Waals surface area contributed by atoms with Gasteiger partial charge in [-0.25, -0.2) is 9.97 Å². The van der Waals surface area contributed by atoms with Crippen molar-refractivity contribution in [2.24, 2.45) is 0 Å². The average Bonchev–Trinajstić information content (AvgIpc) is 2.69. The number of carbonyl (C=O) groups excluding carboxylic acids is 1. The number of aromatic nitrogens is 5. The molecule has 1 amide bonds. The number of aromatic amines is 1. The smallest absolute Gasteiger partial charge is 0.254 e. The summed E-state index contributed by atoms with van der Waals surface area (Å²) in [6, 6.07) is 5.50. The second-order valence-corrected chi connectivity index (χ2v) is 5.99. The summed E-state index contributed by atoms with van der Waals surface area (Å²) in [6.07, 6.45) is 7.01. The van der Waals surface area contributed by atoms with Gasteiger partial charge in [0.05, 0.1) is 24.9 Å². The van der Waals surface area contributed by atoms with Crippen LogP contribution >= 0.6 is 0 Å². The van der Waals surface area contributed by atoms with E-state index in [1.807, 2.05) is 18.2 Å². The molecule has 0 bridgehead atoms. The predicted molar refractivity (Wildman–Crippen MR) is 92.9 cm³/mol. The second kappa shape index (κ2) is 6.83. The van der Waals surface area contributed by atoms with Crippen LogP contribution in [0.5, 0.6) is 0 Å². The molecule has 3 aromatic rings. The average molecular weight is 348 g/mol. The van der Waals surface area contributed by atoms with Crippen LogP contribution in [0.15, 0.2) is 47.8 Å². The molecule has 0 fully saturated rings. The summed E-state index contributed by atoms with van der Waals surface area (Å²) in [7, 11) is 0. The molecule has 26 heavy (non-hydrogen) atoms. The molecular formula is C18H16N6O2. The van der Waals surface area contributed by atoms with Gasteiger partial charge < -0.3 is 9.88 Å². The van der Waals surface area contributed by atoms with Crippen LogP contribution in [0.1, 0.15) is 17.0 Å². The minimum Gasteiger partial charge on any atom is -0.336 e. The molecule has 0 saturated heterocycles. The molecule has 4 rings (SSSR count). The molecule has 8 nitrogen and oxygen atoms in total. The van der Waals surface area contributed by atoms with E-state index in [-0.39, 0.29) is 17.9 Å². The Bertz CT molecular complexity index is 988. The molecule has 0 spiro atoms. The van der Waals surface area contributed by atoms with E-state index < -0.39 is 0 Å². The quantitative estimate of drug-likeness (QED) is 0.749. The maximum Gasteiger partial charge on any atom is 0.254 e. The van der Waals surface area contributed by atoms with E-state index in [0.29, 0.717) is 42.3 Å². The number of nitrogens with one attached hydrogen (secondary N) is 1. The van der Waals surface area contributed by atoms with Crippen LogP contribution in [0.4, 0.5) is 0 Å². The summed E-state index contributed by atoms with van der Waals surface area (Å²) >= 11 is 0. The van der Waals surface area contributed by atoms with Crippen LogP contribution in [-0.4, -0.2) is 42.3 Å². The number of pyridine rings is 1. The van der Waals surface area contributed by atoms with Gasteiger partial charge >= 0.3 is 0 Å². The zero-order valence-electron chi connectivity index (χ0n) is 13.9. The van der Waals surface area contributed by atoms with Gasteiger partial charge in [-0.2, -0.15) is 0 Å². The van der Waals surface area contributed by atoms with E-state index in [9.17, 15) is 9.59 Å². The number of nitrogens with zero attached hydrogens (tertiary/aromatic N) is 5. The summed E-state index contributed by atoms with van der Waals surface area (Å²) in [4.78, 5) is 46.3. The predicted octanol–water partition coefficient (Wildman–Crippen LogP) is 0.749. The fourth-order valence-corrected chi connectivity index (χ4v) is 2.96. The third-order valence-electron chi connectivity index (χ3n) is 4.29. The van der Waals surface area contributed by atoms with Crippen molar-refractivity contribution in [3.63, 3.8) is 0 Å². The number of rotatable bonds is 3. The normalized spacial score (nSPS) is 13.3. The number of hydrogen-bond acceptors (Lipinski definition) is 6. The van der Waals surface area contributed by atoms with Crippen molar-refractivity contribution in [1.29, 1.82) is 0 Å². The highest BCUT2D eigenvalue weighted by Crippen LogP contribution is 2.17. The Morgan fingerprint density at radius 2 is 2.12 bits per heavy atom. The number of H-pyrrole nitrogens is 1. The molecule has 130 valence electrons. The topological polar surface area (TPSA) is 105 Å². The van der Waals surface area contributed by atoms with E-state index in [0.717, 1.165) is 5.69 Å². The van der Waals surface area contributed by atoms with E-state index in [2.05, 4.69) is 24.9 Å². The molecule has 1 N–H and O–H groups in total. The molecule has 0 unspecified atom stereocenters. The summed E-state index contributed by atoms with van der Waals surface area (Å²) < 4.78 is 0. The Kier molecular flexibility index (Phi) is 4.22. The minimum atomic E-state index is -0.188. The van der Waals surface area contributed by atoms with Gasteiger partial charge in [0.25, 0.3) is 5.56 Å². The fraction of sp³-hybridized carbons (Fsp3) is 0.222. The first-order chi connectivity index (χ1) is 12.7. The third kappa shape index (κ3) is 3.21. The first kappa shape index (κ1) is 16.1. The molecule has 3 aromatic heterocycles.